The van der Waals surface area contributed by atoms with Crippen LogP contribution >= 0.6 is 0 Å². The van der Waals surface area contributed by atoms with Crippen molar-refractivity contribution in [1.82, 2.24) is 0 Å². The van der Waals surface area contributed by atoms with Gasteiger partial charge in [0.15, 0.2) is 0 Å². The number of hydrogen-bond donors (Lipinski definition) is 1. The minimum atomic E-state index is -0.542. The molecule has 2 N–H and O–H groups in total. The minimum absolute atomic E-state index is 0.0971. The molecule has 0 aliphatic carbocycles. The molecule has 6 nitrogen and oxygen atoms in total. The smallest absolute Gasteiger partial charge is 0.343 e. The highest BCUT2D eigenvalue weighted by atomic mass is 16.5. The van der Waals surface area contributed by atoms with Crippen molar-refractivity contribution in [2.45, 2.75) is 12.8 Å². The van der Waals surface area contributed by atoms with Gasteiger partial charge in [-0.15, -0.1) is 0 Å². The molecule has 0 atom stereocenters. The lowest BCUT2D eigenvalue weighted by molar-refractivity contribution is -0.117. The number of ether oxygens (including phenoxy) is 1. The Labute approximate surface area is 138 Å². The maximum Gasteiger partial charge on any atom is 0.343 e. The molecular weight excluding hydrogens is 308 g/mol. The number of carbonyl (C=O) groups is 3. The lowest BCUT2D eigenvalue weighted by Gasteiger charge is -2.15. The van der Waals surface area contributed by atoms with E-state index in [2.05, 4.69) is 0 Å². The highest BCUT2D eigenvalue weighted by molar-refractivity contribution is 5.97. The Morgan fingerprint density at radius 3 is 2.12 bits per heavy atom. The second kappa shape index (κ2) is 6.54. The van der Waals surface area contributed by atoms with Crippen molar-refractivity contribution in [2.75, 3.05) is 11.4 Å². The van der Waals surface area contributed by atoms with Crippen LogP contribution in [0.25, 0.3) is 0 Å². The monoisotopic (exact) mass is 324 g/mol. The normalized spacial score (nSPS) is 13.8. The number of hydrogen-bond acceptors (Lipinski definition) is 4. The van der Waals surface area contributed by atoms with Gasteiger partial charge in [0.05, 0.1) is 5.56 Å². The number of anilines is 1. The van der Waals surface area contributed by atoms with Crippen LogP contribution in [-0.4, -0.2) is 24.3 Å². The largest absolute Gasteiger partial charge is 0.423 e. The van der Waals surface area contributed by atoms with Crippen molar-refractivity contribution >= 4 is 23.5 Å². The van der Waals surface area contributed by atoms with E-state index in [1.54, 1.807) is 29.2 Å². The minimum Gasteiger partial charge on any atom is -0.423 e. The Kier molecular flexibility index (Phi) is 4.29. The maximum atomic E-state index is 12.1. The molecule has 2 aromatic rings. The number of amides is 2. The van der Waals surface area contributed by atoms with Crippen LogP contribution in [0.5, 0.6) is 5.75 Å². The zero-order valence-electron chi connectivity index (χ0n) is 12.9. The molecule has 0 radical (unpaired) electrons. The number of esters is 1. The van der Waals surface area contributed by atoms with Gasteiger partial charge in [-0.2, -0.15) is 0 Å². The molecule has 6 heteroatoms. The summed E-state index contributed by atoms with van der Waals surface area (Å²) in [6.07, 6.45) is 1.41. The van der Waals surface area contributed by atoms with Gasteiger partial charge < -0.3 is 15.4 Å². The van der Waals surface area contributed by atoms with Crippen LogP contribution in [0.4, 0.5) is 5.69 Å². The van der Waals surface area contributed by atoms with Crippen molar-refractivity contribution in [3.05, 3.63) is 59.7 Å². The van der Waals surface area contributed by atoms with Crippen LogP contribution in [-0.2, 0) is 4.79 Å². The van der Waals surface area contributed by atoms with Crippen molar-refractivity contribution < 1.29 is 19.1 Å². The van der Waals surface area contributed by atoms with E-state index in [-0.39, 0.29) is 5.91 Å². The summed E-state index contributed by atoms with van der Waals surface area (Å²) in [7, 11) is 0. The van der Waals surface area contributed by atoms with E-state index in [9.17, 15) is 14.4 Å². The van der Waals surface area contributed by atoms with E-state index in [0.717, 1.165) is 12.1 Å². The second-order valence-corrected chi connectivity index (χ2v) is 5.47. The van der Waals surface area contributed by atoms with E-state index in [0.29, 0.717) is 29.8 Å². The standard InChI is InChI=1S/C18H16N2O4/c19-17(22)12-5-9-15(10-6-12)24-18(23)13-3-7-14(8-4-13)20-11-1-2-16(20)21/h3-10H,1-2,11H2,(H2,19,22). The zero-order valence-corrected chi connectivity index (χ0v) is 12.9. The van der Waals surface area contributed by atoms with Gasteiger partial charge in [0.25, 0.3) is 0 Å². The van der Waals surface area contributed by atoms with Crippen molar-refractivity contribution in [2.24, 2.45) is 5.73 Å². The number of primary amides is 1. The lowest BCUT2D eigenvalue weighted by atomic mass is 10.2. The van der Waals surface area contributed by atoms with Crippen molar-refractivity contribution in [3.63, 3.8) is 0 Å². The third kappa shape index (κ3) is 3.27. The zero-order chi connectivity index (χ0) is 17.1. The highest BCUT2D eigenvalue weighted by Gasteiger charge is 2.21. The Balaban J connectivity index is 1.68. The first-order chi connectivity index (χ1) is 11.5. The molecule has 24 heavy (non-hydrogen) atoms. The number of benzene rings is 2. The van der Waals surface area contributed by atoms with Gasteiger partial charge in [-0.25, -0.2) is 4.79 Å². The third-order valence-electron chi connectivity index (χ3n) is 3.84. The first-order valence-corrected chi connectivity index (χ1v) is 7.57. The molecule has 0 saturated carbocycles. The summed E-state index contributed by atoms with van der Waals surface area (Å²) in [5, 5.41) is 0. The van der Waals surface area contributed by atoms with Gasteiger partial charge in [0.2, 0.25) is 11.8 Å². The summed E-state index contributed by atoms with van der Waals surface area (Å²) < 4.78 is 5.25. The first-order valence-electron chi connectivity index (χ1n) is 7.57. The Morgan fingerprint density at radius 1 is 0.958 bits per heavy atom. The third-order valence-corrected chi connectivity index (χ3v) is 3.84. The molecule has 1 aliphatic rings. The molecule has 2 amide bonds. The average molecular weight is 324 g/mol. The van der Waals surface area contributed by atoms with Crippen molar-refractivity contribution in [1.29, 1.82) is 0 Å². The van der Waals surface area contributed by atoms with E-state index < -0.39 is 11.9 Å². The van der Waals surface area contributed by atoms with Gasteiger partial charge in [-0.3, -0.25) is 9.59 Å². The molecule has 0 spiro atoms. The molecule has 2 aromatic carbocycles. The van der Waals surface area contributed by atoms with Crippen molar-refractivity contribution in [3.8, 4) is 5.75 Å². The van der Waals surface area contributed by atoms with Crippen LogP contribution in [0.15, 0.2) is 48.5 Å². The van der Waals surface area contributed by atoms with E-state index in [1.165, 1.54) is 24.3 Å². The molecule has 0 aromatic heterocycles. The van der Waals surface area contributed by atoms with Gasteiger partial charge in [0, 0.05) is 24.2 Å². The van der Waals surface area contributed by atoms with Crippen LogP contribution in [0.2, 0.25) is 0 Å². The fourth-order valence-electron chi connectivity index (χ4n) is 2.55. The van der Waals surface area contributed by atoms with Crippen LogP contribution in [0.3, 0.4) is 0 Å². The van der Waals surface area contributed by atoms with Gasteiger partial charge >= 0.3 is 5.97 Å². The number of carbonyl (C=O) groups excluding carboxylic acids is 3. The maximum absolute atomic E-state index is 12.1. The Bertz CT molecular complexity index is 782. The summed E-state index contributed by atoms with van der Waals surface area (Å²) in [6.45, 7) is 0.703. The molecule has 122 valence electrons. The number of rotatable bonds is 4. The SMILES string of the molecule is NC(=O)c1ccc(OC(=O)c2ccc(N3CCCC3=O)cc2)cc1. The van der Waals surface area contributed by atoms with Crippen LogP contribution < -0.4 is 15.4 Å². The van der Waals surface area contributed by atoms with E-state index in [4.69, 9.17) is 10.5 Å². The fourth-order valence-corrected chi connectivity index (χ4v) is 2.55. The molecule has 3 rings (SSSR count). The number of nitrogens with zero attached hydrogens (tertiary/aromatic N) is 1. The van der Waals surface area contributed by atoms with Gasteiger partial charge in [-0.1, -0.05) is 0 Å². The van der Waals surface area contributed by atoms with Crippen LogP contribution in [0.1, 0.15) is 33.6 Å². The van der Waals surface area contributed by atoms with E-state index in [1.807, 2.05) is 0 Å². The lowest BCUT2D eigenvalue weighted by Crippen LogP contribution is -2.23. The molecule has 0 bridgehead atoms. The average Bonchev–Trinajstić information content (AvgIpc) is 3.01. The summed E-state index contributed by atoms with van der Waals surface area (Å²) in [5.74, 6) is -0.635. The van der Waals surface area contributed by atoms with Crippen LogP contribution in [0, 0.1) is 0 Å². The molecule has 1 aliphatic heterocycles. The fraction of sp³-hybridized carbons (Fsp3) is 0.167. The topological polar surface area (TPSA) is 89.7 Å². The Morgan fingerprint density at radius 2 is 1.58 bits per heavy atom. The highest BCUT2D eigenvalue weighted by Crippen LogP contribution is 2.22. The van der Waals surface area contributed by atoms with Gasteiger partial charge in [0.1, 0.15) is 5.75 Å². The predicted molar refractivity (Wildman–Crippen MR) is 87.9 cm³/mol. The molecule has 0 unspecified atom stereocenters. The molecular formula is C18H16N2O4. The molecule has 1 heterocycles. The molecule has 1 saturated heterocycles. The Hall–Kier alpha value is -3.15. The summed E-state index contributed by atoms with van der Waals surface area (Å²) in [6, 6.07) is 12.7. The predicted octanol–water partition coefficient (Wildman–Crippen LogP) is 2.13. The quantitative estimate of drug-likeness (QED) is 0.689. The summed E-state index contributed by atoms with van der Waals surface area (Å²) >= 11 is 0. The van der Waals surface area contributed by atoms with E-state index >= 15 is 0 Å². The summed E-state index contributed by atoms with van der Waals surface area (Å²) in [4.78, 5) is 36.6. The van der Waals surface area contributed by atoms with Gasteiger partial charge in [-0.05, 0) is 55.0 Å². The number of nitrogens with two attached hydrogens (primary N) is 1. The summed E-state index contributed by atoms with van der Waals surface area (Å²) in [5.41, 5.74) is 6.66. The second-order valence-electron chi connectivity index (χ2n) is 5.47. The first kappa shape index (κ1) is 15.7. The molecule has 1 fully saturated rings.